The fourth-order valence-electron chi connectivity index (χ4n) is 7.00. The van der Waals surface area contributed by atoms with Crippen LogP contribution in [0.1, 0.15) is 98.1 Å². The van der Waals surface area contributed by atoms with Gasteiger partial charge in [-0.2, -0.15) is 0 Å². The van der Waals surface area contributed by atoms with E-state index in [1.165, 1.54) is 10.4 Å². The first-order valence-electron chi connectivity index (χ1n) is 21.3. The highest BCUT2D eigenvalue weighted by atomic mass is 28.4. The van der Waals surface area contributed by atoms with E-state index >= 15 is 0 Å². The zero-order chi connectivity index (χ0) is 44.3. The Kier molecular flexibility index (Phi) is 18.5. The number of nitrogens with one attached hydrogen (secondary N) is 2. The molecule has 11 heteroatoms. The van der Waals surface area contributed by atoms with E-state index in [1.807, 2.05) is 84.9 Å². The molecule has 0 bridgehead atoms. The number of esters is 2. The van der Waals surface area contributed by atoms with Crippen LogP contribution in [0.25, 0.3) is 0 Å². The fraction of sp³-hybridized carbons (Fsp3) is 0.400. The molecule has 0 unspecified atom stereocenters. The first kappa shape index (κ1) is 48.1. The van der Waals surface area contributed by atoms with Crippen molar-refractivity contribution in [3.63, 3.8) is 0 Å². The Morgan fingerprint density at radius 2 is 1.15 bits per heavy atom. The van der Waals surface area contributed by atoms with Crippen LogP contribution in [0.2, 0.25) is 5.04 Å². The lowest BCUT2D eigenvalue weighted by atomic mass is 10.1. The number of hydrogen-bond acceptors (Lipinski definition) is 8. The maximum atomic E-state index is 13.6. The van der Waals surface area contributed by atoms with Crippen molar-refractivity contribution in [3.05, 3.63) is 145 Å². The summed E-state index contributed by atoms with van der Waals surface area (Å²) in [5, 5.41) is 7.52. The third-order valence-corrected chi connectivity index (χ3v) is 15.1. The summed E-state index contributed by atoms with van der Waals surface area (Å²) < 4.78 is 24.1. The summed E-state index contributed by atoms with van der Waals surface area (Å²) in [6.07, 6.45) is 5.29. The third kappa shape index (κ3) is 15.5. The van der Waals surface area contributed by atoms with Gasteiger partial charge in [0.05, 0.1) is 6.10 Å². The van der Waals surface area contributed by atoms with Gasteiger partial charge in [-0.15, -0.1) is 0 Å². The molecule has 0 aliphatic carbocycles. The van der Waals surface area contributed by atoms with E-state index in [0.29, 0.717) is 0 Å². The lowest BCUT2D eigenvalue weighted by Crippen LogP contribution is -2.67. The molecule has 4 aromatic carbocycles. The second-order valence-electron chi connectivity index (χ2n) is 17.2. The van der Waals surface area contributed by atoms with Gasteiger partial charge in [0.15, 0.2) is 0 Å². The second-order valence-corrected chi connectivity index (χ2v) is 21.4. The maximum absolute atomic E-state index is 13.6. The molecule has 2 N–H and O–H groups in total. The fourth-order valence-corrected chi connectivity index (χ4v) is 11.7. The largest absolute Gasteiger partial charge is 0.459 e. The van der Waals surface area contributed by atoms with Crippen LogP contribution in [0.4, 0.5) is 4.79 Å². The number of ether oxygens (including phenoxy) is 3. The molecular formula is C50H64N2O8Si. The van der Waals surface area contributed by atoms with Crippen molar-refractivity contribution in [2.75, 3.05) is 0 Å². The van der Waals surface area contributed by atoms with Crippen molar-refractivity contribution in [2.45, 2.75) is 129 Å². The predicted molar refractivity (Wildman–Crippen MR) is 243 cm³/mol. The molecule has 0 spiro atoms. The molecule has 10 nitrogen and oxygen atoms in total. The Morgan fingerprint density at radius 1 is 0.639 bits per heavy atom. The van der Waals surface area contributed by atoms with Crippen LogP contribution in [-0.4, -0.2) is 56.0 Å². The van der Waals surface area contributed by atoms with E-state index in [1.54, 1.807) is 20.8 Å². The van der Waals surface area contributed by atoms with Gasteiger partial charge in [-0.1, -0.05) is 174 Å². The van der Waals surface area contributed by atoms with Gasteiger partial charge in [-0.05, 0) is 66.6 Å². The highest BCUT2D eigenvalue weighted by Gasteiger charge is 2.51. The number of alkyl carbamates (subject to hydrolysis) is 1. The van der Waals surface area contributed by atoms with Crippen molar-refractivity contribution < 1.29 is 37.8 Å². The summed E-state index contributed by atoms with van der Waals surface area (Å²) >= 11 is 0. The topological polar surface area (TPSA) is 129 Å². The zero-order valence-corrected chi connectivity index (χ0v) is 37.9. The summed E-state index contributed by atoms with van der Waals surface area (Å²) in [6, 6.07) is 37.0. The Balaban J connectivity index is 1.53. The molecule has 0 saturated carbocycles. The van der Waals surface area contributed by atoms with E-state index in [2.05, 4.69) is 86.9 Å². The molecule has 0 saturated heterocycles. The molecule has 0 aliphatic heterocycles. The summed E-state index contributed by atoms with van der Waals surface area (Å²) in [4.78, 5) is 53.5. The average molecular weight is 849 g/mol. The number of amides is 2. The van der Waals surface area contributed by atoms with E-state index < -0.39 is 49.9 Å². The van der Waals surface area contributed by atoms with Crippen molar-refractivity contribution in [1.29, 1.82) is 0 Å². The van der Waals surface area contributed by atoms with E-state index in [-0.39, 0.29) is 43.6 Å². The van der Waals surface area contributed by atoms with Crippen LogP contribution in [-0.2, 0) is 46.2 Å². The first-order valence-corrected chi connectivity index (χ1v) is 23.2. The van der Waals surface area contributed by atoms with Crippen molar-refractivity contribution in [1.82, 2.24) is 10.6 Å². The molecule has 0 fully saturated rings. The van der Waals surface area contributed by atoms with Gasteiger partial charge >= 0.3 is 18.0 Å². The Bertz CT molecular complexity index is 1940. The molecule has 0 aliphatic rings. The van der Waals surface area contributed by atoms with Gasteiger partial charge in [0, 0.05) is 6.42 Å². The maximum Gasteiger partial charge on any atom is 0.408 e. The van der Waals surface area contributed by atoms with Crippen LogP contribution >= 0.6 is 0 Å². The predicted octanol–water partition coefficient (Wildman–Crippen LogP) is 8.71. The molecule has 61 heavy (non-hydrogen) atoms. The zero-order valence-electron chi connectivity index (χ0n) is 36.9. The van der Waals surface area contributed by atoms with E-state index in [4.69, 9.17) is 18.6 Å². The second kappa shape index (κ2) is 23.5. The average Bonchev–Trinajstić information content (AvgIpc) is 3.24. The number of rotatable bonds is 21. The van der Waals surface area contributed by atoms with Gasteiger partial charge < -0.3 is 29.3 Å². The molecule has 2 amide bonds. The van der Waals surface area contributed by atoms with Gasteiger partial charge in [0.25, 0.3) is 8.32 Å². The third-order valence-electron chi connectivity index (χ3n) is 10.0. The van der Waals surface area contributed by atoms with Gasteiger partial charge in [0.2, 0.25) is 5.91 Å². The molecule has 0 aromatic heterocycles. The van der Waals surface area contributed by atoms with E-state index in [9.17, 15) is 19.2 Å². The number of carbonyl (C=O) groups is 4. The number of hydrogen-bond donors (Lipinski definition) is 2. The Morgan fingerprint density at radius 3 is 1.64 bits per heavy atom. The van der Waals surface area contributed by atoms with Crippen LogP contribution < -0.4 is 21.0 Å². The minimum atomic E-state index is -2.90. The number of carbonyl (C=O) groups excluding carboxylic acids is 4. The van der Waals surface area contributed by atoms with Crippen LogP contribution in [0.5, 0.6) is 0 Å². The van der Waals surface area contributed by atoms with Crippen LogP contribution in [0, 0.1) is 0 Å². The molecule has 4 aromatic rings. The quantitative estimate of drug-likeness (QED) is 0.0369. The summed E-state index contributed by atoms with van der Waals surface area (Å²) in [5.41, 5.74) is 0.729. The van der Waals surface area contributed by atoms with Crippen molar-refractivity contribution in [2.24, 2.45) is 0 Å². The Hall–Kier alpha value is -5.52. The highest BCUT2D eigenvalue weighted by Crippen LogP contribution is 2.38. The molecular weight excluding hydrogens is 785 g/mol. The number of unbranched alkanes of at least 4 members (excludes halogenated alkanes) is 1. The molecule has 0 radical (unpaired) electrons. The molecule has 3 atom stereocenters. The Labute approximate surface area is 363 Å². The number of benzene rings is 4. The first-order chi connectivity index (χ1) is 29.1. The summed E-state index contributed by atoms with van der Waals surface area (Å²) in [5.74, 6) is -1.82. The van der Waals surface area contributed by atoms with Crippen LogP contribution in [0.15, 0.2) is 133 Å². The smallest absolute Gasteiger partial charge is 0.408 e. The summed E-state index contributed by atoms with van der Waals surface area (Å²) in [7, 11) is -2.90. The van der Waals surface area contributed by atoms with Gasteiger partial charge in [-0.25, -0.2) is 14.4 Å². The van der Waals surface area contributed by atoms with Crippen molar-refractivity contribution >= 4 is 42.6 Å². The van der Waals surface area contributed by atoms with Crippen LogP contribution in [0.3, 0.4) is 0 Å². The van der Waals surface area contributed by atoms with Crippen molar-refractivity contribution in [3.8, 4) is 0 Å². The van der Waals surface area contributed by atoms with Gasteiger partial charge in [0.1, 0.15) is 30.9 Å². The summed E-state index contributed by atoms with van der Waals surface area (Å²) in [6.45, 7) is 14.2. The highest BCUT2D eigenvalue weighted by molar-refractivity contribution is 6.99. The minimum Gasteiger partial charge on any atom is -0.459 e. The monoisotopic (exact) mass is 848 g/mol. The lowest BCUT2D eigenvalue weighted by Gasteiger charge is -2.45. The lowest BCUT2D eigenvalue weighted by molar-refractivity contribution is -0.158. The molecule has 4 rings (SSSR count). The molecule has 0 heterocycles. The molecule has 326 valence electrons. The SMILES string of the molecule is CCCC[C@@H](/C=C/C[C@H](NC(=O)CC[C@H](NC(=O)OCc1ccccc1)C(=O)OCc1ccccc1)C(=O)OC(C)(C)C)O[Si](c1ccccc1)(c1ccccc1)C(C)(C)C. The standard InChI is InChI=1S/C50H64N2O8Si/c1-8-9-27-40(60-61(50(5,6)7,41-29-18-12-19-30-41)42-31-20-13-21-32-42)28-22-33-43(47(55)59-49(2,3)4)51-45(53)35-34-44(46(54)57-36-38-23-14-10-15-24-38)52-48(56)58-37-39-25-16-11-17-26-39/h10-26,28-32,40,43-44H,8-9,27,33-37H2,1-7H3,(H,51,53)(H,52,56)/b28-22+/t40-,43-,44-/m0/s1. The van der Waals surface area contributed by atoms with Gasteiger partial charge in [-0.3, -0.25) is 4.79 Å². The normalized spacial score (nSPS) is 13.4. The minimum absolute atomic E-state index is 0.00768. The van der Waals surface area contributed by atoms with E-state index in [0.717, 1.165) is 30.4 Å².